The first kappa shape index (κ1) is 22.6. The number of hydrogen-bond donors (Lipinski definition) is 3. The van der Waals surface area contributed by atoms with Gasteiger partial charge in [0.1, 0.15) is 0 Å². The van der Waals surface area contributed by atoms with E-state index in [-0.39, 0.29) is 18.9 Å². The zero-order valence-corrected chi connectivity index (χ0v) is 18.1. The lowest BCUT2D eigenvalue weighted by Gasteiger charge is -2.10. The summed E-state index contributed by atoms with van der Waals surface area (Å²) < 4.78 is 2.13. The van der Waals surface area contributed by atoms with Crippen LogP contribution in [0.25, 0.3) is 11.8 Å². The van der Waals surface area contributed by atoms with Gasteiger partial charge in [-0.05, 0) is 55.8 Å². The SMILES string of the molecule is Cc1cc(/C=C/C(=O)Nc2ccccc2C(=O)NCCC(N)=O)c(C)n1-c1ccccc1. The standard InChI is InChI=1S/C25H26N4O3/c1-17-16-19(18(2)29(17)20-8-4-3-5-9-20)12-13-24(31)28-22-11-7-6-10-21(22)25(32)27-15-14-23(26)30/h3-13,16H,14-15H2,1-2H3,(H2,26,30)(H,27,32)(H,28,31)/b13-12+. The van der Waals surface area contributed by atoms with Crippen LogP contribution < -0.4 is 16.4 Å². The molecule has 1 aromatic heterocycles. The summed E-state index contributed by atoms with van der Waals surface area (Å²) in [5, 5.41) is 5.37. The molecule has 7 nitrogen and oxygen atoms in total. The van der Waals surface area contributed by atoms with E-state index in [1.54, 1.807) is 30.3 Å². The summed E-state index contributed by atoms with van der Waals surface area (Å²) in [7, 11) is 0. The molecule has 0 radical (unpaired) electrons. The van der Waals surface area contributed by atoms with Crippen LogP contribution in [0.2, 0.25) is 0 Å². The molecule has 3 amide bonds. The number of nitrogens with one attached hydrogen (secondary N) is 2. The smallest absolute Gasteiger partial charge is 0.253 e. The highest BCUT2D eigenvalue weighted by molar-refractivity contribution is 6.07. The van der Waals surface area contributed by atoms with E-state index in [9.17, 15) is 14.4 Å². The number of carbonyl (C=O) groups excluding carboxylic acids is 3. The second-order valence-electron chi connectivity index (χ2n) is 7.34. The third kappa shape index (κ3) is 5.51. The quantitative estimate of drug-likeness (QED) is 0.477. The van der Waals surface area contributed by atoms with E-state index in [0.717, 1.165) is 22.6 Å². The van der Waals surface area contributed by atoms with Gasteiger partial charge in [-0.3, -0.25) is 14.4 Å². The van der Waals surface area contributed by atoms with Gasteiger partial charge in [0.25, 0.3) is 5.91 Å². The van der Waals surface area contributed by atoms with Gasteiger partial charge in [0, 0.05) is 36.1 Å². The minimum Gasteiger partial charge on any atom is -0.370 e. The molecule has 0 aliphatic carbocycles. The van der Waals surface area contributed by atoms with Crippen LogP contribution in [0.5, 0.6) is 0 Å². The van der Waals surface area contributed by atoms with Gasteiger partial charge in [-0.15, -0.1) is 0 Å². The summed E-state index contributed by atoms with van der Waals surface area (Å²) in [6.07, 6.45) is 3.25. The summed E-state index contributed by atoms with van der Waals surface area (Å²) in [6, 6.07) is 18.7. The van der Waals surface area contributed by atoms with Crippen LogP contribution in [0.15, 0.2) is 66.7 Å². The van der Waals surface area contributed by atoms with Gasteiger partial charge in [-0.1, -0.05) is 30.3 Å². The van der Waals surface area contributed by atoms with Crippen LogP contribution in [0.4, 0.5) is 5.69 Å². The van der Waals surface area contributed by atoms with Gasteiger partial charge in [0.05, 0.1) is 11.3 Å². The molecule has 32 heavy (non-hydrogen) atoms. The van der Waals surface area contributed by atoms with E-state index in [1.165, 1.54) is 6.08 Å². The Kier molecular flexibility index (Phi) is 7.23. The highest BCUT2D eigenvalue weighted by Crippen LogP contribution is 2.22. The molecule has 0 bridgehead atoms. The van der Waals surface area contributed by atoms with Gasteiger partial charge in [0.2, 0.25) is 11.8 Å². The molecule has 3 aromatic rings. The molecule has 4 N–H and O–H groups in total. The zero-order valence-electron chi connectivity index (χ0n) is 18.1. The van der Waals surface area contributed by atoms with Crippen molar-refractivity contribution in [3.8, 4) is 5.69 Å². The molecule has 7 heteroatoms. The van der Waals surface area contributed by atoms with Gasteiger partial charge < -0.3 is 20.9 Å². The normalized spacial score (nSPS) is 10.8. The topological polar surface area (TPSA) is 106 Å². The molecule has 0 spiro atoms. The number of anilines is 1. The largest absolute Gasteiger partial charge is 0.370 e. The Bertz CT molecular complexity index is 1160. The second-order valence-corrected chi connectivity index (χ2v) is 7.34. The van der Waals surface area contributed by atoms with Gasteiger partial charge >= 0.3 is 0 Å². The van der Waals surface area contributed by atoms with Crippen molar-refractivity contribution in [1.29, 1.82) is 0 Å². The van der Waals surface area contributed by atoms with Crippen molar-refractivity contribution in [3.05, 3.63) is 89.3 Å². The Hall–Kier alpha value is -4.13. The molecule has 0 fully saturated rings. The van der Waals surface area contributed by atoms with Crippen LogP contribution in [-0.4, -0.2) is 28.8 Å². The summed E-state index contributed by atoms with van der Waals surface area (Å²) in [6.45, 7) is 4.15. The number of amides is 3. The molecule has 0 aliphatic heterocycles. The predicted octanol–water partition coefficient (Wildman–Crippen LogP) is 3.35. The monoisotopic (exact) mass is 430 g/mol. The minimum atomic E-state index is -0.497. The highest BCUT2D eigenvalue weighted by atomic mass is 16.2. The molecule has 2 aromatic carbocycles. The number of aryl methyl sites for hydroxylation is 1. The molecule has 0 saturated carbocycles. The average Bonchev–Trinajstić information content (AvgIpc) is 3.06. The molecular formula is C25H26N4O3. The summed E-state index contributed by atoms with van der Waals surface area (Å²) in [4.78, 5) is 35.8. The van der Waals surface area contributed by atoms with Gasteiger partial charge in [0.15, 0.2) is 0 Å². The Morgan fingerprint density at radius 3 is 2.41 bits per heavy atom. The summed E-state index contributed by atoms with van der Waals surface area (Å²) in [5.41, 5.74) is 9.85. The van der Waals surface area contributed by atoms with Crippen molar-refractivity contribution in [2.75, 3.05) is 11.9 Å². The molecule has 1 heterocycles. The van der Waals surface area contributed by atoms with E-state index < -0.39 is 11.8 Å². The van der Waals surface area contributed by atoms with E-state index in [2.05, 4.69) is 15.2 Å². The first-order valence-corrected chi connectivity index (χ1v) is 10.3. The molecule has 0 unspecified atom stereocenters. The van der Waals surface area contributed by atoms with Crippen LogP contribution in [0.3, 0.4) is 0 Å². The van der Waals surface area contributed by atoms with Gasteiger partial charge in [-0.2, -0.15) is 0 Å². The fraction of sp³-hybridized carbons (Fsp3) is 0.160. The highest BCUT2D eigenvalue weighted by Gasteiger charge is 2.13. The molecule has 0 saturated heterocycles. The van der Waals surface area contributed by atoms with Crippen molar-refractivity contribution in [2.45, 2.75) is 20.3 Å². The van der Waals surface area contributed by atoms with Crippen molar-refractivity contribution in [3.63, 3.8) is 0 Å². The average molecular weight is 431 g/mol. The number of nitrogens with two attached hydrogens (primary N) is 1. The van der Waals surface area contributed by atoms with Crippen LogP contribution in [-0.2, 0) is 9.59 Å². The van der Waals surface area contributed by atoms with E-state index in [1.807, 2.05) is 50.2 Å². The maximum absolute atomic E-state index is 12.5. The van der Waals surface area contributed by atoms with E-state index in [0.29, 0.717) is 11.3 Å². The number of benzene rings is 2. The minimum absolute atomic E-state index is 0.0460. The number of carbonyl (C=O) groups is 3. The van der Waals surface area contributed by atoms with Crippen molar-refractivity contribution in [1.82, 2.24) is 9.88 Å². The first-order valence-electron chi connectivity index (χ1n) is 10.3. The number of primary amides is 1. The van der Waals surface area contributed by atoms with Gasteiger partial charge in [-0.25, -0.2) is 0 Å². The van der Waals surface area contributed by atoms with Crippen molar-refractivity contribution < 1.29 is 14.4 Å². The number of hydrogen-bond acceptors (Lipinski definition) is 3. The number of para-hydroxylation sites is 2. The lowest BCUT2D eigenvalue weighted by Crippen LogP contribution is -2.28. The van der Waals surface area contributed by atoms with Crippen molar-refractivity contribution >= 4 is 29.5 Å². The van der Waals surface area contributed by atoms with Crippen LogP contribution in [0, 0.1) is 13.8 Å². The van der Waals surface area contributed by atoms with Crippen LogP contribution in [0.1, 0.15) is 33.7 Å². The third-order valence-corrected chi connectivity index (χ3v) is 4.99. The number of nitrogens with zero attached hydrogens (tertiary/aromatic N) is 1. The summed E-state index contributed by atoms with van der Waals surface area (Å²) >= 11 is 0. The lowest BCUT2D eigenvalue weighted by atomic mass is 10.1. The van der Waals surface area contributed by atoms with Crippen LogP contribution >= 0.6 is 0 Å². The molecule has 3 rings (SSSR count). The number of aromatic nitrogens is 1. The Balaban J connectivity index is 1.72. The predicted molar refractivity (Wildman–Crippen MR) is 125 cm³/mol. The Labute approximate surface area is 186 Å². The third-order valence-electron chi connectivity index (χ3n) is 4.99. The zero-order chi connectivity index (χ0) is 23.1. The van der Waals surface area contributed by atoms with E-state index >= 15 is 0 Å². The fourth-order valence-corrected chi connectivity index (χ4v) is 3.46. The Morgan fingerprint density at radius 2 is 1.69 bits per heavy atom. The first-order chi connectivity index (χ1) is 15.4. The fourth-order valence-electron chi connectivity index (χ4n) is 3.46. The molecular weight excluding hydrogens is 404 g/mol. The molecule has 0 atom stereocenters. The van der Waals surface area contributed by atoms with Crippen molar-refractivity contribution in [2.24, 2.45) is 5.73 Å². The Morgan fingerprint density at radius 1 is 1.00 bits per heavy atom. The maximum Gasteiger partial charge on any atom is 0.253 e. The molecule has 164 valence electrons. The summed E-state index contributed by atoms with van der Waals surface area (Å²) in [5.74, 6) is -1.24. The second kappa shape index (κ2) is 10.3. The molecule has 0 aliphatic rings. The lowest BCUT2D eigenvalue weighted by molar-refractivity contribution is -0.118. The number of rotatable bonds is 8. The van der Waals surface area contributed by atoms with E-state index in [4.69, 9.17) is 5.73 Å². The maximum atomic E-state index is 12.5.